The number of nitrogens with zero attached hydrogens (tertiary/aromatic N) is 1. The quantitative estimate of drug-likeness (QED) is 0.725. The lowest BCUT2D eigenvalue weighted by molar-refractivity contribution is 0.234. The molecule has 2 atom stereocenters. The highest BCUT2D eigenvalue weighted by molar-refractivity contribution is 9.10. The number of halogens is 1. The maximum atomic E-state index is 3.72. The Morgan fingerprint density at radius 3 is 2.95 bits per heavy atom. The van der Waals surface area contributed by atoms with Crippen LogP contribution in [-0.2, 0) is 0 Å². The third-order valence-electron chi connectivity index (χ3n) is 4.57. The number of rotatable bonds is 8. The van der Waals surface area contributed by atoms with Crippen molar-refractivity contribution in [2.75, 3.05) is 19.6 Å². The molecular weight excluding hydrogens is 324 g/mol. The van der Waals surface area contributed by atoms with Gasteiger partial charge in [0.25, 0.3) is 0 Å². The Balaban J connectivity index is 1.96. The molecule has 0 spiro atoms. The van der Waals surface area contributed by atoms with Crippen LogP contribution in [0.5, 0.6) is 0 Å². The molecule has 0 radical (unpaired) electrons. The lowest BCUT2D eigenvalue weighted by atomic mass is 10.0. The van der Waals surface area contributed by atoms with Gasteiger partial charge in [0.15, 0.2) is 0 Å². The van der Waals surface area contributed by atoms with Crippen LogP contribution in [0.15, 0.2) is 28.7 Å². The first-order valence-electron chi connectivity index (χ1n) is 8.47. The van der Waals surface area contributed by atoms with E-state index in [1.54, 1.807) is 0 Å². The van der Waals surface area contributed by atoms with Crippen LogP contribution in [0.3, 0.4) is 0 Å². The largest absolute Gasteiger partial charge is 0.310 e. The summed E-state index contributed by atoms with van der Waals surface area (Å²) in [6.07, 6.45) is 6.45. The standard InChI is InChI=1S/C18H29BrN2/c1-3-11-20-18(15-7-5-8-16(19)14-15)10-13-21-12-6-9-17(21)4-2/h5,7-8,14,17-18,20H,3-4,6,9-13H2,1-2H3. The molecule has 1 aliphatic heterocycles. The summed E-state index contributed by atoms with van der Waals surface area (Å²) >= 11 is 3.60. The summed E-state index contributed by atoms with van der Waals surface area (Å²) in [5, 5.41) is 3.72. The molecule has 21 heavy (non-hydrogen) atoms. The van der Waals surface area contributed by atoms with Crippen molar-refractivity contribution in [2.45, 2.75) is 58.0 Å². The van der Waals surface area contributed by atoms with Crippen molar-refractivity contribution in [1.29, 1.82) is 0 Å². The lowest BCUT2D eigenvalue weighted by Gasteiger charge is -2.27. The molecule has 1 aromatic rings. The first-order valence-corrected chi connectivity index (χ1v) is 9.26. The van der Waals surface area contributed by atoms with Gasteiger partial charge in [-0.15, -0.1) is 0 Å². The van der Waals surface area contributed by atoms with E-state index in [1.807, 2.05) is 0 Å². The van der Waals surface area contributed by atoms with E-state index < -0.39 is 0 Å². The third kappa shape index (κ3) is 5.08. The van der Waals surface area contributed by atoms with E-state index in [4.69, 9.17) is 0 Å². The van der Waals surface area contributed by atoms with E-state index >= 15 is 0 Å². The first-order chi connectivity index (χ1) is 10.2. The van der Waals surface area contributed by atoms with Gasteiger partial charge in [0.1, 0.15) is 0 Å². The fraction of sp³-hybridized carbons (Fsp3) is 0.667. The van der Waals surface area contributed by atoms with Gasteiger partial charge in [0.2, 0.25) is 0 Å². The minimum absolute atomic E-state index is 0.473. The molecular formula is C18H29BrN2. The van der Waals surface area contributed by atoms with Gasteiger partial charge in [-0.3, -0.25) is 0 Å². The van der Waals surface area contributed by atoms with E-state index in [0.717, 1.165) is 12.6 Å². The van der Waals surface area contributed by atoms with Crippen molar-refractivity contribution in [3.05, 3.63) is 34.3 Å². The highest BCUT2D eigenvalue weighted by atomic mass is 79.9. The van der Waals surface area contributed by atoms with Crippen LogP contribution in [0.25, 0.3) is 0 Å². The number of nitrogens with one attached hydrogen (secondary N) is 1. The SMILES string of the molecule is CCCNC(CCN1CCCC1CC)c1cccc(Br)c1. The minimum Gasteiger partial charge on any atom is -0.310 e. The highest BCUT2D eigenvalue weighted by Gasteiger charge is 2.23. The maximum absolute atomic E-state index is 3.72. The molecule has 0 amide bonds. The van der Waals surface area contributed by atoms with Crippen molar-refractivity contribution >= 4 is 15.9 Å². The fourth-order valence-electron chi connectivity index (χ4n) is 3.38. The Labute approximate surface area is 138 Å². The van der Waals surface area contributed by atoms with Crippen LogP contribution in [0.4, 0.5) is 0 Å². The summed E-state index contributed by atoms with van der Waals surface area (Å²) in [5.74, 6) is 0. The average molecular weight is 353 g/mol. The summed E-state index contributed by atoms with van der Waals surface area (Å²) in [5.41, 5.74) is 1.41. The van der Waals surface area contributed by atoms with Crippen LogP contribution in [0, 0.1) is 0 Å². The zero-order valence-corrected chi connectivity index (χ0v) is 15.0. The summed E-state index contributed by atoms with van der Waals surface area (Å²) in [4.78, 5) is 2.69. The molecule has 0 aromatic heterocycles. The second kappa shape index (κ2) is 8.92. The van der Waals surface area contributed by atoms with Crippen LogP contribution in [0.1, 0.15) is 57.6 Å². The average Bonchev–Trinajstić information content (AvgIpc) is 2.95. The van der Waals surface area contributed by atoms with Crippen LogP contribution in [0.2, 0.25) is 0 Å². The van der Waals surface area contributed by atoms with E-state index in [2.05, 4.69) is 64.3 Å². The Bertz CT molecular complexity index is 421. The maximum Gasteiger partial charge on any atom is 0.0332 e. The van der Waals surface area contributed by atoms with Gasteiger partial charge < -0.3 is 10.2 Å². The number of likely N-dealkylation sites (tertiary alicyclic amines) is 1. The summed E-state index contributed by atoms with van der Waals surface area (Å²) in [7, 11) is 0. The van der Waals surface area contributed by atoms with Crippen LogP contribution < -0.4 is 5.32 Å². The topological polar surface area (TPSA) is 15.3 Å². The van der Waals surface area contributed by atoms with E-state index in [9.17, 15) is 0 Å². The van der Waals surface area contributed by atoms with Gasteiger partial charge in [-0.05, 0) is 62.9 Å². The molecule has 118 valence electrons. The Kier molecular flexibility index (Phi) is 7.21. The monoisotopic (exact) mass is 352 g/mol. The summed E-state index contributed by atoms with van der Waals surface area (Å²) in [6.45, 7) is 8.15. The smallest absolute Gasteiger partial charge is 0.0332 e. The van der Waals surface area contributed by atoms with Gasteiger partial charge in [0.05, 0.1) is 0 Å². The molecule has 1 N–H and O–H groups in total. The molecule has 0 aliphatic carbocycles. The zero-order chi connectivity index (χ0) is 15.1. The molecule has 1 aliphatic rings. The fourth-order valence-corrected chi connectivity index (χ4v) is 3.79. The van der Waals surface area contributed by atoms with Crippen molar-refractivity contribution in [1.82, 2.24) is 10.2 Å². The molecule has 1 aromatic carbocycles. The normalized spacial score (nSPS) is 20.8. The Morgan fingerprint density at radius 1 is 1.38 bits per heavy atom. The minimum atomic E-state index is 0.473. The highest BCUT2D eigenvalue weighted by Crippen LogP contribution is 2.24. The number of benzene rings is 1. The summed E-state index contributed by atoms with van der Waals surface area (Å²) in [6, 6.07) is 10.0. The van der Waals surface area contributed by atoms with Crippen LogP contribution in [-0.4, -0.2) is 30.6 Å². The molecule has 1 fully saturated rings. The molecule has 0 saturated carbocycles. The van der Waals surface area contributed by atoms with Crippen molar-refractivity contribution in [2.24, 2.45) is 0 Å². The number of hydrogen-bond donors (Lipinski definition) is 1. The van der Waals surface area contributed by atoms with Crippen molar-refractivity contribution in [3.8, 4) is 0 Å². The lowest BCUT2D eigenvalue weighted by Crippen LogP contribution is -2.33. The second-order valence-electron chi connectivity index (χ2n) is 6.09. The van der Waals surface area contributed by atoms with E-state index in [0.29, 0.717) is 6.04 Å². The predicted molar refractivity (Wildman–Crippen MR) is 94.7 cm³/mol. The molecule has 0 bridgehead atoms. The third-order valence-corrected chi connectivity index (χ3v) is 5.06. The van der Waals surface area contributed by atoms with Gasteiger partial charge in [-0.25, -0.2) is 0 Å². The van der Waals surface area contributed by atoms with E-state index in [-0.39, 0.29) is 0 Å². The molecule has 2 nitrogen and oxygen atoms in total. The Hall–Kier alpha value is -0.380. The summed E-state index contributed by atoms with van der Waals surface area (Å²) < 4.78 is 1.18. The Morgan fingerprint density at radius 2 is 2.24 bits per heavy atom. The van der Waals surface area contributed by atoms with Crippen LogP contribution >= 0.6 is 15.9 Å². The van der Waals surface area contributed by atoms with Gasteiger partial charge in [-0.1, -0.05) is 41.9 Å². The molecule has 3 heteroatoms. The molecule has 1 heterocycles. The van der Waals surface area contributed by atoms with Gasteiger partial charge >= 0.3 is 0 Å². The van der Waals surface area contributed by atoms with E-state index in [1.165, 1.54) is 55.2 Å². The zero-order valence-electron chi connectivity index (χ0n) is 13.4. The first kappa shape index (κ1) is 17.0. The molecule has 1 saturated heterocycles. The number of hydrogen-bond acceptors (Lipinski definition) is 2. The van der Waals surface area contributed by atoms with Crippen molar-refractivity contribution < 1.29 is 0 Å². The van der Waals surface area contributed by atoms with Gasteiger partial charge in [-0.2, -0.15) is 0 Å². The predicted octanol–water partition coefficient (Wildman–Crippen LogP) is 4.75. The molecule has 2 unspecified atom stereocenters. The van der Waals surface area contributed by atoms with Gasteiger partial charge in [0, 0.05) is 23.1 Å². The van der Waals surface area contributed by atoms with Crippen molar-refractivity contribution in [3.63, 3.8) is 0 Å². The molecule has 2 rings (SSSR count). The second-order valence-corrected chi connectivity index (χ2v) is 7.01.